The molecule has 2 amide bonds. The standard InChI is InChI=1S/C21H15ClFN5O2S/c1-12(29)24-14-7-8-17(16(22)11-14)25-21(30)19-26-20(18-6-3-9-31-18)28(27-19)15-5-2-4-13(23)10-15/h2-11H,1H3,(H,24,29)(H,25,30). The van der Waals surface area contributed by atoms with E-state index in [4.69, 9.17) is 11.6 Å². The first-order valence-corrected chi connectivity index (χ1v) is 10.3. The van der Waals surface area contributed by atoms with Crippen LogP contribution < -0.4 is 10.6 Å². The van der Waals surface area contributed by atoms with E-state index in [2.05, 4.69) is 20.7 Å². The maximum absolute atomic E-state index is 13.8. The average Bonchev–Trinajstić information content (AvgIpc) is 3.39. The van der Waals surface area contributed by atoms with E-state index < -0.39 is 11.7 Å². The Morgan fingerprint density at radius 1 is 1.10 bits per heavy atom. The van der Waals surface area contributed by atoms with Gasteiger partial charge in [0, 0.05) is 12.6 Å². The molecule has 0 aliphatic heterocycles. The predicted molar refractivity (Wildman–Crippen MR) is 118 cm³/mol. The second kappa shape index (κ2) is 8.66. The third kappa shape index (κ3) is 4.62. The van der Waals surface area contributed by atoms with Crippen molar-refractivity contribution in [3.63, 3.8) is 0 Å². The molecule has 2 heterocycles. The van der Waals surface area contributed by atoms with E-state index in [1.54, 1.807) is 24.3 Å². The molecular weight excluding hydrogens is 441 g/mol. The van der Waals surface area contributed by atoms with Crippen molar-refractivity contribution in [2.75, 3.05) is 10.6 Å². The molecule has 0 saturated heterocycles. The predicted octanol–water partition coefficient (Wildman–Crippen LogP) is 5.00. The van der Waals surface area contributed by atoms with E-state index in [-0.39, 0.29) is 16.8 Å². The van der Waals surface area contributed by atoms with Gasteiger partial charge in [-0.05, 0) is 47.8 Å². The van der Waals surface area contributed by atoms with Crippen LogP contribution in [0, 0.1) is 5.82 Å². The minimum atomic E-state index is -0.581. The lowest BCUT2D eigenvalue weighted by Gasteiger charge is -2.08. The number of hydrogen-bond donors (Lipinski definition) is 2. The zero-order valence-corrected chi connectivity index (χ0v) is 17.7. The summed E-state index contributed by atoms with van der Waals surface area (Å²) in [7, 11) is 0. The van der Waals surface area contributed by atoms with Crippen molar-refractivity contribution < 1.29 is 14.0 Å². The van der Waals surface area contributed by atoms with Crippen LogP contribution in [0.5, 0.6) is 0 Å². The number of carbonyl (C=O) groups is 2. The molecule has 2 aromatic heterocycles. The number of nitrogens with zero attached hydrogens (tertiary/aromatic N) is 3. The number of halogens is 2. The minimum absolute atomic E-state index is 0.102. The number of rotatable bonds is 5. The fourth-order valence-corrected chi connectivity index (χ4v) is 3.76. The molecule has 10 heteroatoms. The van der Waals surface area contributed by atoms with E-state index in [1.165, 1.54) is 41.1 Å². The molecule has 0 bridgehead atoms. The van der Waals surface area contributed by atoms with Gasteiger partial charge in [0.1, 0.15) is 5.82 Å². The molecule has 0 unspecified atom stereocenters. The van der Waals surface area contributed by atoms with Crippen molar-refractivity contribution in [2.24, 2.45) is 0 Å². The molecule has 0 aliphatic carbocycles. The Labute approximate surface area is 185 Å². The first-order chi connectivity index (χ1) is 14.9. The Bertz CT molecular complexity index is 1270. The van der Waals surface area contributed by atoms with Crippen LogP contribution in [-0.4, -0.2) is 26.6 Å². The third-order valence-electron chi connectivity index (χ3n) is 4.14. The van der Waals surface area contributed by atoms with Crippen molar-refractivity contribution >= 4 is 46.1 Å². The fourth-order valence-electron chi connectivity index (χ4n) is 2.84. The number of hydrogen-bond acceptors (Lipinski definition) is 5. The monoisotopic (exact) mass is 455 g/mol. The van der Waals surface area contributed by atoms with Crippen LogP contribution in [0.1, 0.15) is 17.5 Å². The van der Waals surface area contributed by atoms with Crippen LogP contribution in [0.25, 0.3) is 16.4 Å². The first-order valence-electron chi connectivity index (χ1n) is 9.06. The van der Waals surface area contributed by atoms with Gasteiger partial charge in [-0.1, -0.05) is 23.7 Å². The van der Waals surface area contributed by atoms with E-state index >= 15 is 0 Å². The molecule has 0 radical (unpaired) electrons. The summed E-state index contributed by atoms with van der Waals surface area (Å²) in [6, 6.07) is 14.2. The molecular formula is C21H15ClFN5O2S. The maximum Gasteiger partial charge on any atom is 0.295 e. The minimum Gasteiger partial charge on any atom is -0.326 e. The smallest absolute Gasteiger partial charge is 0.295 e. The number of aromatic nitrogens is 3. The van der Waals surface area contributed by atoms with Crippen molar-refractivity contribution in [3.8, 4) is 16.4 Å². The Morgan fingerprint density at radius 3 is 2.61 bits per heavy atom. The van der Waals surface area contributed by atoms with Gasteiger partial charge < -0.3 is 10.6 Å². The van der Waals surface area contributed by atoms with E-state index in [9.17, 15) is 14.0 Å². The summed E-state index contributed by atoms with van der Waals surface area (Å²) in [4.78, 5) is 29.1. The SMILES string of the molecule is CC(=O)Nc1ccc(NC(=O)c2nc(-c3cccs3)n(-c3cccc(F)c3)n2)c(Cl)c1. The second-order valence-electron chi connectivity index (χ2n) is 6.46. The van der Waals surface area contributed by atoms with Crippen LogP contribution in [0.2, 0.25) is 5.02 Å². The third-order valence-corrected chi connectivity index (χ3v) is 5.32. The number of thiophene rings is 1. The summed E-state index contributed by atoms with van der Waals surface area (Å²) in [6.07, 6.45) is 0. The molecule has 4 aromatic rings. The Balaban J connectivity index is 1.66. The highest BCUT2D eigenvalue weighted by Crippen LogP contribution is 2.28. The molecule has 2 aromatic carbocycles. The Hall–Kier alpha value is -3.56. The Morgan fingerprint density at radius 2 is 1.94 bits per heavy atom. The molecule has 0 spiro atoms. The lowest BCUT2D eigenvalue weighted by Crippen LogP contribution is -2.15. The van der Waals surface area contributed by atoms with Gasteiger partial charge in [0.05, 0.1) is 21.3 Å². The first kappa shape index (κ1) is 20.7. The zero-order valence-electron chi connectivity index (χ0n) is 16.1. The molecule has 4 rings (SSSR count). The van der Waals surface area contributed by atoms with Crippen molar-refractivity contribution in [1.82, 2.24) is 14.8 Å². The average molecular weight is 456 g/mol. The summed E-state index contributed by atoms with van der Waals surface area (Å²) in [5, 5.41) is 11.7. The number of anilines is 2. The molecule has 2 N–H and O–H groups in total. The molecule has 0 aliphatic rings. The van der Waals surface area contributed by atoms with Gasteiger partial charge in [-0.15, -0.1) is 16.4 Å². The topological polar surface area (TPSA) is 88.9 Å². The molecule has 0 saturated carbocycles. The summed E-state index contributed by atoms with van der Waals surface area (Å²) in [5.41, 5.74) is 1.28. The molecule has 0 fully saturated rings. The number of benzene rings is 2. The van der Waals surface area contributed by atoms with E-state index in [0.717, 1.165) is 4.88 Å². The second-order valence-corrected chi connectivity index (χ2v) is 7.81. The van der Waals surface area contributed by atoms with Gasteiger partial charge in [-0.3, -0.25) is 9.59 Å². The van der Waals surface area contributed by atoms with Crippen LogP contribution in [-0.2, 0) is 4.79 Å². The summed E-state index contributed by atoms with van der Waals surface area (Å²) >= 11 is 7.65. The van der Waals surface area contributed by atoms with Crippen LogP contribution in [0.15, 0.2) is 60.0 Å². The van der Waals surface area contributed by atoms with Gasteiger partial charge in [-0.25, -0.2) is 14.1 Å². The number of nitrogens with one attached hydrogen (secondary N) is 2. The molecule has 7 nitrogen and oxygen atoms in total. The van der Waals surface area contributed by atoms with Crippen LogP contribution in [0.3, 0.4) is 0 Å². The lowest BCUT2D eigenvalue weighted by atomic mass is 10.2. The zero-order chi connectivity index (χ0) is 22.0. The highest BCUT2D eigenvalue weighted by molar-refractivity contribution is 7.13. The summed E-state index contributed by atoms with van der Waals surface area (Å²) in [6.45, 7) is 1.38. The molecule has 156 valence electrons. The van der Waals surface area contributed by atoms with E-state index in [0.29, 0.717) is 22.9 Å². The van der Waals surface area contributed by atoms with Gasteiger partial charge in [0.15, 0.2) is 5.82 Å². The molecule has 31 heavy (non-hydrogen) atoms. The van der Waals surface area contributed by atoms with Crippen molar-refractivity contribution in [1.29, 1.82) is 0 Å². The maximum atomic E-state index is 13.8. The van der Waals surface area contributed by atoms with Gasteiger partial charge in [-0.2, -0.15) is 0 Å². The highest BCUT2D eigenvalue weighted by atomic mass is 35.5. The van der Waals surface area contributed by atoms with Gasteiger partial charge >= 0.3 is 0 Å². The fraction of sp³-hybridized carbons (Fsp3) is 0.0476. The molecule has 0 atom stereocenters. The highest BCUT2D eigenvalue weighted by Gasteiger charge is 2.20. The normalized spacial score (nSPS) is 10.7. The Kier molecular flexibility index (Phi) is 5.79. The van der Waals surface area contributed by atoms with Crippen molar-refractivity contribution in [3.05, 3.63) is 76.6 Å². The van der Waals surface area contributed by atoms with Crippen LogP contribution in [0.4, 0.5) is 15.8 Å². The summed E-state index contributed by atoms with van der Waals surface area (Å²) in [5.74, 6) is -0.933. The van der Waals surface area contributed by atoms with Crippen molar-refractivity contribution in [2.45, 2.75) is 6.92 Å². The van der Waals surface area contributed by atoms with Gasteiger partial charge in [0.2, 0.25) is 11.7 Å². The largest absolute Gasteiger partial charge is 0.326 e. The van der Waals surface area contributed by atoms with E-state index in [1.807, 2.05) is 17.5 Å². The number of amides is 2. The van der Waals surface area contributed by atoms with Gasteiger partial charge in [0.25, 0.3) is 5.91 Å². The number of carbonyl (C=O) groups excluding carboxylic acids is 2. The quantitative estimate of drug-likeness (QED) is 0.443. The summed E-state index contributed by atoms with van der Waals surface area (Å²) < 4.78 is 15.2. The lowest BCUT2D eigenvalue weighted by molar-refractivity contribution is -0.114. The van der Waals surface area contributed by atoms with Crippen LogP contribution >= 0.6 is 22.9 Å².